The molecule has 2 fully saturated rings. The van der Waals surface area contributed by atoms with Crippen molar-refractivity contribution in [2.45, 2.75) is 43.5 Å². The van der Waals surface area contributed by atoms with Gasteiger partial charge < -0.3 is 29.7 Å². The lowest BCUT2D eigenvalue weighted by Gasteiger charge is -2.16. The van der Waals surface area contributed by atoms with Gasteiger partial charge in [0.25, 0.3) is 0 Å². The molecule has 0 spiro atoms. The predicted molar refractivity (Wildman–Crippen MR) is 123 cm³/mol. The van der Waals surface area contributed by atoms with E-state index in [-0.39, 0.29) is 12.6 Å². The number of ether oxygens (including phenoxy) is 3. The molecule has 5 rings (SSSR count). The van der Waals surface area contributed by atoms with Gasteiger partial charge in [-0.05, 0) is 12.0 Å². The van der Waals surface area contributed by atoms with Crippen molar-refractivity contribution in [1.82, 2.24) is 24.8 Å². The summed E-state index contributed by atoms with van der Waals surface area (Å²) in [6.07, 6.45) is 0.229. The molecule has 2 unspecified atom stereocenters. The summed E-state index contributed by atoms with van der Waals surface area (Å²) in [6, 6.07) is 9.48. The van der Waals surface area contributed by atoms with Crippen LogP contribution in [0.25, 0.3) is 11.2 Å². The van der Waals surface area contributed by atoms with Gasteiger partial charge in [0, 0.05) is 19.4 Å². The van der Waals surface area contributed by atoms with Crippen molar-refractivity contribution in [3.05, 3.63) is 54.2 Å². The zero-order valence-electron chi connectivity index (χ0n) is 18.8. The number of amides is 1. The van der Waals surface area contributed by atoms with Crippen LogP contribution < -0.4 is 5.32 Å². The average Bonchev–Trinajstić information content (AvgIpc) is 3.62. The Morgan fingerprint density at radius 1 is 1.23 bits per heavy atom. The first-order valence-corrected chi connectivity index (χ1v) is 11.3. The van der Waals surface area contributed by atoms with Crippen LogP contribution in [0, 0.1) is 0 Å². The number of rotatable bonds is 7. The van der Waals surface area contributed by atoms with Crippen molar-refractivity contribution >= 4 is 23.5 Å². The molecular formula is C23H26N6O6. The van der Waals surface area contributed by atoms with Gasteiger partial charge in [0.05, 0.1) is 19.0 Å². The number of nitrogens with zero attached hydrogens (tertiary/aromatic N) is 5. The molecule has 3 N–H and O–H groups in total. The Labute approximate surface area is 200 Å². The minimum absolute atomic E-state index is 0.0860. The molecule has 0 radical (unpaired) electrons. The molecule has 2 saturated heterocycles. The third-order valence-corrected chi connectivity index (χ3v) is 5.97. The highest BCUT2D eigenvalue weighted by atomic mass is 16.6. The minimum Gasteiger partial charge on any atom is -0.447 e. The maximum Gasteiger partial charge on any atom is 0.407 e. The van der Waals surface area contributed by atoms with Gasteiger partial charge in [-0.15, -0.1) is 0 Å². The Hall–Kier alpha value is -3.45. The molecular weight excluding hydrogens is 456 g/mol. The molecule has 12 heteroatoms. The van der Waals surface area contributed by atoms with Crippen molar-refractivity contribution in [3.63, 3.8) is 0 Å². The van der Waals surface area contributed by atoms with Gasteiger partial charge in [-0.3, -0.25) is 9.56 Å². The molecule has 1 amide bonds. The van der Waals surface area contributed by atoms with Crippen LogP contribution >= 0.6 is 0 Å². The van der Waals surface area contributed by atoms with E-state index in [1.807, 2.05) is 30.3 Å². The van der Waals surface area contributed by atoms with E-state index in [4.69, 9.17) is 14.2 Å². The number of imidazole rings is 1. The molecule has 5 atom stereocenters. The lowest BCUT2D eigenvalue weighted by atomic mass is 10.1. The molecule has 1 aromatic carbocycles. The zero-order chi connectivity index (χ0) is 24.2. The molecule has 3 aromatic rings. The first kappa shape index (κ1) is 23.3. The Morgan fingerprint density at radius 3 is 2.89 bits per heavy atom. The van der Waals surface area contributed by atoms with Gasteiger partial charge in [0.15, 0.2) is 11.9 Å². The van der Waals surface area contributed by atoms with Crippen molar-refractivity contribution < 1.29 is 29.2 Å². The van der Waals surface area contributed by atoms with Crippen molar-refractivity contribution in [2.75, 3.05) is 19.8 Å². The standard InChI is InChI=1S/C23H26N6O6/c30-19-17(11-34-23(32)25-8-14-4-2-1-3-5-14)35-22(20(19)31)29-13-28-18-16(26-12-27-21(18)29)9-24-15-6-7-33-10-15/h1-5,9,12-13,15,17,19-20,22,30-31H,6-8,10-11H2,(H,25,32)/t15-,17?,19-,20-,22?/m1/s1. The van der Waals surface area contributed by atoms with E-state index in [9.17, 15) is 15.0 Å². The summed E-state index contributed by atoms with van der Waals surface area (Å²) in [7, 11) is 0. The van der Waals surface area contributed by atoms with Gasteiger partial charge in [-0.1, -0.05) is 30.3 Å². The van der Waals surface area contributed by atoms with E-state index in [1.165, 1.54) is 17.2 Å². The smallest absolute Gasteiger partial charge is 0.407 e. The molecule has 184 valence electrons. The number of carbonyl (C=O) groups is 1. The third-order valence-electron chi connectivity index (χ3n) is 5.97. The largest absolute Gasteiger partial charge is 0.447 e. The van der Waals surface area contributed by atoms with E-state index in [0.717, 1.165) is 12.0 Å². The van der Waals surface area contributed by atoms with Crippen LogP contribution in [0.3, 0.4) is 0 Å². The Morgan fingerprint density at radius 2 is 2.09 bits per heavy atom. The highest BCUT2D eigenvalue weighted by Crippen LogP contribution is 2.31. The molecule has 2 aromatic heterocycles. The van der Waals surface area contributed by atoms with Crippen LogP contribution in [0.2, 0.25) is 0 Å². The normalized spacial score (nSPS) is 26.5. The average molecular weight is 482 g/mol. The maximum atomic E-state index is 12.1. The number of aliphatic hydroxyl groups is 2. The molecule has 35 heavy (non-hydrogen) atoms. The fourth-order valence-corrected chi connectivity index (χ4v) is 4.04. The SMILES string of the molecule is O=C(NCc1ccccc1)OCC1OC(n2cnc3c(C=N[C@@H]4CCOC4)ncnc32)[C@H](O)[C@@H]1O. The lowest BCUT2D eigenvalue weighted by Crippen LogP contribution is -2.35. The molecule has 2 aliphatic rings. The van der Waals surface area contributed by atoms with Crippen LogP contribution in [-0.2, 0) is 20.8 Å². The topological polar surface area (TPSA) is 153 Å². The maximum absolute atomic E-state index is 12.1. The number of aliphatic imine (C=N–C) groups is 1. The summed E-state index contributed by atoms with van der Waals surface area (Å²) in [5.41, 5.74) is 2.36. The fraction of sp³-hybridized carbons (Fsp3) is 0.435. The van der Waals surface area contributed by atoms with Gasteiger partial charge in [0.2, 0.25) is 0 Å². The zero-order valence-corrected chi connectivity index (χ0v) is 18.8. The number of aromatic nitrogens is 4. The van der Waals surface area contributed by atoms with E-state index in [0.29, 0.717) is 36.6 Å². The summed E-state index contributed by atoms with van der Waals surface area (Å²) in [5.74, 6) is 0. The number of benzene rings is 1. The Bertz CT molecular complexity index is 1180. The Kier molecular flexibility index (Phi) is 6.95. The number of hydrogen-bond acceptors (Lipinski definition) is 10. The second-order valence-electron chi connectivity index (χ2n) is 8.36. The van der Waals surface area contributed by atoms with Crippen LogP contribution in [0.15, 0.2) is 48.0 Å². The summed E-state index contributed by atoms with van der Waals surface area (Å²) >= 11 is 0. The highest BCUT2D eigenvalue weighted by molar-refractivity contribution is 5.92. The summed E-state index contributed by atoms with van der Waals surface area (Å²) in [4.78, 5) is 29.4. The van der Waals surface area contributed by atoms with Crippen molar-refractivity contribution in [3.8, 4) is 0 Å². The first-order chi connectivity index (χ1) is 17.1. The highest BCUT2D eigenvalue weighted by Gasteiger charge is 2.45. The van der Waals surface area contributed by atoms with Crippen LogP contribution in [-0.4, -0.2) is 86.2 Å². The van der Waals surface area contributed by atoms with Gasteiger partial charge in [-0.25, -0.2) is 19.7 Å². The van der Waals surface area contributed by atoms with Crippen LogP contribution in [0.4, 0.5) is 4.79 Å². The number of nitrogens with one attached hydrogen (secondary N) is 1. The number of aliphatic hydroxyl groups excluding tert-OH is 2. The summed E-state index contributed by atoms with van der Waals surface area (Å²) in [5, 5.41) is 23.8. The molecule has 2 aliphatic heterocycles. The van der Waals surface area contributed by atoms with Gasteiger partial charge >= 0.3 is 6.09 Å². The second-order valence-corrected chi connectivity index (χ2v) is 8.36. The molecule has 0 aliphatic carbocycles. The molecule has 0 bridgehead atoms. The number of hydrogen-bond donors (Lipinski definition) is 3. The second kappa shape index (κ2) is 10.4. The molecule has 12 nitrogen and oxygen atoms in total. The van der Waals surface area contributed by atoms with Crippen molar-refractivity contribution in [1.29, 1.82) is 0 Å². The van der Waals surface area contributed by atoms with Crippen LogP contribution in [0.1, 0.15) is 23.9 Å². The first-order valence-electron chi connectivity index (χ1n) is 11.3. The van der Waals surface area contributed by atoms with Gasteiger partial charge in [0.1, 0.15) is 42.5 Å². The van der Waals surface area contributed by atoms with E-state index >= 15 is 0 Å². The third kappa shape index (κ3) is 5.15. The molecule has 4 heterocycles. The number of carbonyl (C=O) groups excluding carboxylic acids is 1. The quantitative estimate of drug-likeness (QED) is 0.410. The van der Waals surface area contributed by atoms with E-state index in [2.05, 4.69) is 25.3 Å². The van der Waals surface area contributed by atoms with E-state index in [1.54, 1.807) is 6.21 Å². The summed E-state index contributed by atoms with van der Waals surface area (Å²) < 4.78 is 17.9. The number of alkyl carbamates (subject to hydrolysis) is 1. The van der Waals surface area contributed by atoms with Crippen molar-refractivity contribution in [2.24, 2.45) is 4.99 Å². The monoisotopic (exact) mass is 482 g/mol. The predicted octanol–water partition coefficient (Wildman–Crippen LogP) is 0.580. The lowest BCUT2D eigenvalue weighted by molar-refractivity contribution is -0.0533. The molecule has 0 saturated carbocycles. The number of fused-ring (bicyclic) bond motifs is 1. The fourth-order valence-electron chi connectivity index (χ4n) is 4.04. The minimum atomic E-state index is -1.28. The van der Waals surface area contributed by atoms with Gasteiger partial charge in [-0.2, -0.15) is 0 Å². The Balaban J connectivity index is 1.23. The van der Waals surface area contributed by atoms with E-state index < -0.39 is 30.6 Å². The summed E-state index contributed by atoms with van der Waals surface area (Å²) in [6.45, 7) is 1.33. The van der Waals surface area contributed by atoms with Crippen LogP contribution in [0.5, 0.6) is 0 Å².